The van der Waals surface area contributed by atoms with Crippen LogP contribution in [0.5, 0.6) is 0 Å². The van der Waals surface area contributed by atoms with Crippen molar-refractivity contribution in [3.8, 4) is 0 Å². The Hall–Kier alpha value is -1.43. The maximum atomic E-state index is 14.0. The standard InChI is InChI=1S/C15H18BrFN2O2/c1-3-13-15(21)19(9(2)6-14(20)18-13)8-10-4-5-11(16)7-12(10)17/h4-5,7,9,13H,3,6,8H2,1-2H3,(H,18,20). The highest BCUT2D eigenvalue weighted by Crippen LogP contribution is 2.21. The van der Waals surface area contributed by atoms with E-state index in [9.17, 15) is 14.0 Å². The van der Waals surface area contributed by atoms with E-state index in [1.807, 2.05) is 13.8 Å². The molecule has 1 fully saturated rings. The zero-order valence-electron chi connectivity index (χ0n) is 12.0. The van der Waals surface area contributed by atoms with Crippen molar-refractivity contribution in [3.05, 3.63) is 34.1 Å². The van der Waals surface area contributed by atoms with E-state index in [0.29, 0.717) is 16.5 Å². The lowest BCUT2D eigenvalue weighted by atomic mass is 10.1. The van der Waals surface area contributed by atoms with Crippen molar-refractivity contribution in [1.82, 2.24) is 10.2 Å². The maximum Gasteiger partial charge on any atom is 0.245 e. The highest BCUT2D eigenvalue weighted by molar-refractivity contribution is 9.10. The second kappa shape index (κ2) is 6.56. The number of amides is 2. The number of carbonyl (C=O) groups is 2. The van der Waals surface area contributed by atoms with Gasteiger partial charge in [-0.15, -0.1) is 0 Å². The minimum atomic E-state index is -0.527. The van der Waals surface area contributed by atoms with Crippen LogP contribution in [0.1, 0.15) is 32.3 Å². The minimum absolute atomic E-state index is 0.138. The third-order valence-electron chi connectivity index (χ3n) is 3.69. The van der Waals surface area contributed by atoms with Gasteiger partial charge in [0.1, 0.15) is 11.9 Å². The van der Waals surface area contributed by atoms with Gasteiger partial charge >= 0.3 is 0 Å². The van der Waals surface area contributed by atoms with Gasteiger partial charge in [-0.05, 0) is 25.5 Å². The zero-order valence-corrected chi connectivity index (χ0v) is 13.6. The first-order valence-electron chi connectivity index (χ1n) is 6.96. The van der Waals surface area contributed by atoms with Crippen LogP contribution in [0, 0.1) is 5.82 Å². The Labute approximate surface area is 131 Å². The molecule has 1 aliphatic heterocycles. The fourth-order valence-corrected chi connectivity index (χ4v) is 2.79. The van der Waals surface area contributed by atoms with Crippen LogP contribution in [0.2, 0.25) is 0 Å². The second-order valence-corrected chi connectivity index (χ2v) is 6.20. The molecule has 0 bridgehead atoms. The summed E-state index contributed by atoms with van der Waals surface area (Å²) in [6, 6.07) is 3.99. The molecule has 114 valence electrons. The summed E-state index contributed by atoms with van der Waals surface area (Å²) in [7, 11) is 0. The molecule has 0 aromatic heterocycles. The molecule has 1 heterocycles. The number of carbonyl (C=O) groups excluding carboxylic acids is 2. The van der Waals surface area contributed by atoms with Crippen LogP contribution in [-0.2, 0) is 16.1 Å². The summed E-state index contributed by atoms with van der Waals surface area (Å²) < 4.78 is 14.6. The molecule has 1 aromatic carbocycles. The molecule has 0 radical (unpaired) electrons. The van der Waals surface area contributed by atoms with Crippen molar-refractivity contribution in [2.24, 2.45) is 0 Å². The molecule has 0 spiro atoms. The highest BCUT2D eigenvalue weighted by Gasteiger charge is 2.33. The molecule has 1 N–H and O–H groups in total. The number of hydrogen-bond donors (Lipinski definition) is 1. The molecule has 2 atom stereocenters. The van der Waals surface area contributed by atoms with Gasteiger partial charge in [0, 0.05) is 29.0 Å². The maximum absolute atomic E-state index is 14.0. The summed E-state index contributed by atoms with van der Waals surface area (Å²) in [6.07, 6.45) is 0.761. The Balaban J connectivity index is 2.26. The van der Waals surface area contributed by atoms with Crippen LogP contribution in [0.25, 0.3) is 0 Å². The van der Waals surface area contributed by atoms with Crippen LogP contribution in [0.15, 0.2) is 22.7 Å². The molecule has 1 aliphatic rings. The van der Waals surface area contributed by atoms with E-state index in [1.165, 1.54) is 6.07 Å². The molecule has 6 heteroatoms. The Morgan fingerprint density at radius 2 is 2.14 bits per heavy atom. The van der Waals surface area contributed by atoms with Gasteiger partial charge in [0.15, 0.2) is 0 Å². The fourth-order valence-electron chi connectivity index (χ4n) is 2.45. The van der Waals surface area contributed by atoms with Gasteiger partial charge < -0.3 is 10.2 Å². The predicted molar refractivity (Wildman–Crippen MR) is 81.0 cm³/mol. The quantitative estimate of drug-likeness (QED) is 0.904. The van der Waals surface area contributed by atoms with E-state index >= 15 is 0 Å². The topological polar surface area (TPSA) is 49.4 Å². The Morgan fingerprint density at radius 3 is 2.76 bits per heavy atom. The van der Waals surface area contributed by atoms with Crippen LogP contribution in [-0.4, -0.2) is 28.8 Å². The first-order valence-corrected chi connectivity index (χ1v) is 7.75. The number of rotatable bonds is 3. The lowest BCUT2D eigenvalue weighted by molar-refractivity contribution is -0.135. The van der Waals surface area contributed by atoms with E-state index in [1.54, 1.807) is 17.0 Å². The number of nitrogens with zero attached hydrogens (tertiary/aromatic N) is 1. The summed E-state index contributed by atoms with van der Waals surface area (Å²) in [6.45, 7) is 3.83. The van der Waals surface area contributed by atoms with Gasteiger partial charge in [-0.1, -0.05) is 28.9 Å². The predicted octanol–water partition coefficient (Wildman–Crippen LogP) is 2.60. The third-order valence-corrected chi connectivity index (χ3v) is 4.19. The third kappa shape index (κ3) is 3.61. The highest BCUT2D eigenvalue weighted by atomic mass is 79.9. The molecule has 1 saturated heterocycles. The Bertz CT molecular complexity index is 565. The van der Waals surface area contributed by atoms with Gasteiger partial charge in [-0.2, -0.15) is 0 Å². The number of hydrogen-bond acceptors (Lipinski definition) is 2. The van der Waals surface area contributed by atoms with Crippen molar-refractivity contribution in [2.45, 2.75) is 45.3 Å². The van der Waals surface area contributed by atoms with Crippen molar-refractivity contribution in [3.63, 3.8) is 0 Å². The molecule has 1 aromatic rings. The van der Waals surface area contributed by atoms with E-state index in [-0.39, 0.29) is 36.6 Å². The molecule has 2 amide bonds. The van der Waals surface area contributed by atoms with Gasteiger partial charge in [-0.25, -0.2) is 4.39 Å². The first-order chi connectivity index (χ1) is 9.92. The molecule has 4 nitrogen and oxygen atoms in total. The largest absolute Gasteiger partial charge is 0.344 e. The summed E-state index contributed by atoms with van der Waals surface area (Å²) >= 11 is 3.21. The molecule has 21 heavy (non-hydrogen) atoms. The minimum Gasteiger partial charge on any atom is -0.344 e. The molecule has 2 unspecified atom stereocenters. The normalized spacial score (nSPS) is 23.0. The number of nitrogens with one attached hydrogen (secondary N) is 1. The smallest absolute Gasteiger partial charge is 0.245 e. The molecule has 2 rings (SSSR count). The number of halogens is 2. The monoisotopic (exact) mass is 356 g/mol. The van der Waals surface area contributed by atoms with Crippen molar-refractivity contribution in [1.29, 1.82) is 0 Å². The lowest BCUT2D eigenvalue weighted by Crippen LogP contribution is -2.45. The summed E-state index contributed by atoms with van der Waals surface area (Å²) in [4.78, 5) is 25.8. The summed E-state index contributed by atoms with van der Waals surface area (Å²) in [5, 5.41) is 2.72. The summed E-state index contributed by atoms with van der Waals surface area (Å²) in [5.74, 6) is -0.652. The van der Waals surface area contributed by atoms with Gasteiger partial charge in [-0.3, -0.25) is 9.59 Å². The Kier molecular flexibility index (Phi) is 4.98. The zero-order chi connectivity index (χ0) is 15.6. The van der Waals surface area contributed by atoms with E-state index < -0.39 is 6.04 Å². The van der Waals surface area contributed by atoms with Crippen LogP contribution >= 0.6 is 15.9 Å². The average molecular weight is 357 g/mol. The van der Waals surface area contributed by atoms with E-state index in [0.717, 1.165) is 0 Å². The van der Waals surface area contributed by atoms with Crippen LogP contribution in [0.4, 0.5) is 4.39 Å². The SMILES string of the molecule is CCC1NC(=O)CC(C)N(Cc2ccc(Br)cc2F)C1=O. The number of benzene rings is 1. The van der Waals surface area contributed by atoms with Crippen molar-refractivity contribution < 1.29 is 14.0 Å². The fraction of sp³-hybridized carbons (Fsp3) is 0.467. The molecular formula is C15H18BrFN2O2. The first kappa shape index (κ1) is 15.9. The lowest BCUT2D eigenvalue weighted by Gasteiger charge is -2.28. The molecular weight excluding hydrogens is 339 g/mol. The van der Waals surface area contributed by atoms with E-state index in [2.05, 4.69) is 21.2 Å². The van der Waals surface area contributed by atoms with Gasteiger partial charge in [0.2, 0.25) is 11.8 Å². The Morgan fingerprint density at radius 1 is 1.43 bits per heavy atom. The molecule has 0 aliphatic carbocycles. The van der Waals surface area contributed by atoms with E-state index in [4.69, 9.17) is 0 Å². The average Bonchev–Trinajstić information content (AvgIpc) is 2.52. The molecule has 0 saturated carbocycles. The van der Waals surface area contributed by atoms with Crippen LogP contribution < -0.4 is 5.32 Å². The van der Waals surface area contributed by atoms with Gasteiger partial charge in [0.25, 0.3) is 0 Å². The summed E-state index contributed by atoms with van der Waals surface area (Å²) in [5.41, 5.74) is 0.447. The van der Waals surface area contributed by atoms with Crippen molar-refractivity contribution in [2.75, 3.05) is 0 Å². The van der Waals surface area contributed by atoms with Crippen molar-refractivity contribution >= 4 is 27.7 Å². The van der Waals surface area contributed by atoms with Gasteiger partial charge in [0.05, 0.1) is 0 Å². The van der Waals surface area contributed by atoms with Crippen LogP contribution in [0.3, 0.4) is 0 Å². The second-order valence-electron chi connectivity index (χ2n) is 5.28.